The standard InChI is InChI=1S/C17H16F3NO5/c18-17(19,20)26-13-4-2-1-3-12(13)25-14-9-15(22)21(16(14)23)10-11-5-7-24-8-6-11/h1-4,9,11H,5-8,10H2. The van der Waals surface area contributed by atoms with Crippen LogP contribution in [0.2, 0.25) is 0 Å². The molecule has 0 spiro atoms. The quantitative estimate of drug-likeness (QED) is 0.745. The van der Waals surface area contributed by atoms with Crippen molar-refractivity contribution in [2.45, 2.75) is 19.2 Å². The molecule has 6 nitrogen and oxygen atoms in total. The average molecular weight is 371 g/mol. The fraction of sp³-hybridized carbons (Fsp3) is 0.412. The summed E-state index contributed by atoms with van der Waals surface area (Å²) in [6.07, 6.45) is -2.46. The topological polar surface area (TPSA) is 65.1 Å². The van der Waals surface area contributed by atoms with Crippen LogP contribution in [-0.4, -0.2) is 42.8 Å². The van der Waals surface area contributed by atoms with Crippen LogP contribution in [0.15, 0.2) is 36.1 Å². The summed E-state index contributed by atoms with van der Waals surface area (Å²) < 4.78 is 51.8. The molecule has 9 heteroatoms. The van der Waals surface area contributed by atoms with Crippen LogP contribution in [0.4, 0.5) is 13.2 Å². The highest BCUT2D eigenvalue weighted by atomic mass is 19.4. The minimum atomic E-state index is -4.90. The number of imide groups is 1. The third kappa shape index (κ3) is 4.34. The molecule has 0 aromatic heterocycles. The van der Waals surface area contributed by atoms with Gasteiger partial charge in [0.1, 0.15) is 0 Å². The Morgan fingerprint density at radius 3 is 2.42 bits per heavy atom. The fourth-order valence-corrected chi connectivity index (χ4v) is 2.78. The molecule has 1 fully saturated rings. The normalized spacial score (nSPS) is 18.9. The van der Waals surface area contributed by atoms with Crippen LogP contribution in [0.1, 0.15) is 12.8 Å². The summed E-state index contributed by atoms with van der Waals surface area (Å²) in [6, 6.07) is 5.05. The molecule has 26 heavy (non-hydrogen) atoms. The second-order valence-corrected chi connectivity index (χ2v) is 5.91. The zero-order chi connectivity index (χ0) is 18.7. The van der Waals surface area contributed by atoms with Crippen LogP contribution < -0.4 is 9.47 Å². The minimum Gasteiger partial charge on any atom is -0.447 e. The highest BCUT2D eigenvalue weighted by Crippen LogP contribution is 2.34. The molecule has 0 bridgehead atoms. The van der Waals surface area contributed by atoms with Crippen molar-refractivity contribution < 1.29 is 37.0 Å². The number of nitrogens with zero attached hydrogens (tertiary/aromatic N) is 1. The first kappa shape index (κ1) is 18.2. The van der Waals surface area contributed by atoms with Crippen molar-refractivity contribution in [2.24, 2.45) is 5.92 Å². The van der Waals surface area contributed by atoms with E-state index in [1.165, 1.54) is 18.2 Å². The van der Waals surface area contributed by atoms with Crippen molar-refractivity contribution in [1.29, 1.82) is 0 Å². The maximum absolute atomic E-state index is 12.5. The van der Waals surface area contributed by atoms with E-state index >= 15 is 0 Å². The lowest BCUT2D eigenvalue weighted by Gasteiger charge is -2.25. The largest absolute Gasteiger partial charge is 0.573 e. The third-order valence-electron chi connectivity index (χ3n) is 4.05. The van der Waals surface area contributed by atoms with E-state index < -0.39 is 23.9 Å². The molecule has 1 aromatic rings. The lowest BCUT2D eigenvalue weighted by atomic mass is 10.00. The number of alkyl halides is 3. The van der Waals surface area contributed by atoms with Crippen LogP contribution in [0.25, 0.3) is 0 Å². The van der Waals surface area contributed by atoms with Gasteiger partial charge >= 0.3 is 6.36 Å². The van der Waals surface area contributed by atoms with Crippen LogP contribution >= 0.6 is 0 Å². The summed E-state index contributed by atoms with van der Waals surface area (Å²) in [5, 5.41) is 0. The van der Waals surface area contributed by atoms with Gasteiger partial charge in [-0.1, -0.05) is 12.1 Å². The zero-order valence-corrected chi connectivity index (χ0v) is 13.6. The van der Waals surface area contributed by atoms with Crippen molar-refractivity contribution >= 4 is 11.8 Å². The van der Waals surface area contributed by atoms with Gasteiger partial charge in [0.2, 0.25) is 0 Å². The van der Waals surface area contributed by atoms with Crippen molar-refractivity contribution in [3.8, 4) is 11.5 Å². The molecule has 2 heterocycles. The Labute approximate surface area is 147 Å². The number of amides is 2. The smallest absolute Gasteiger partial charge is 0.447 e. The van der Waals surface area contributed by atoms with E-state index in [1.807, 2.05) is 0 Å². The molecular weight excluding hydrogens is 355 g/mol. The maximum atomic E-state index is 12.5. The Morgan fingerprint density at radius 1 is 1.12 bits per heavy atom. The lowest BCUT2D eigenvalue weighted by Crippen LogP contribution is -2.37. The number of halogens is 3. The molecule has 2 aliphatic heterocycles. The monoisotopic (exact) mass is 371 g/mol. The first-order valence-electron chi connectivity index (χ1n) is 8.01. The Kier molecular flexibility index (Phi) is 5.17. The van der Waals surface area contributed by atoms with E-state index in [9.17, 15) is 22.8 Å². The van der Waals surface area contributed by atoms with Crippen LogP contribution in [0.5, 0.6) is 11.5 Å². The van der Waals surface area contributed by atoms with E-state index in [0.29, 0.717) is 13.2 Å². The summed E-state index contributed by atoms with van der Waals surface area (Å²) >= 11 is 0. The fourth-order valence-electron chi connectivity index (χ4n) is 2.78. The Hall–Kier alpha value is -2.55. The Balaban J connectivity index is 1.70. The Morgan fingerprint density at radius 2 is 1.77 bits per heavy atom. The summed E-state index contributed by atoms with van der Waals surface area (Å²) in [6.45, 7) is 1.37. The zero-order valence-electron chi connectivity index (χ0n) is 13.6. The number of hydrogen-bond donors (Lipinski definition) is 0. The first-order chi connectivity index (χ1) is 12.3. The van der Waals surface area contributed by atoms with Crippen molar-refractivity contribution in [3.05, 3.63) is 36.1 Å². The van der Waals surface area contributed by atoms with E-state index in [2.05, 4.69) is 4.74 Å². The number of para-hydroxylation sites is 2. The van der Waals surface area contributed by atoms with Gasteiger partial charge in [-0.3, -0.25) is 14.5 Å². The molecule has 0 saturated carbocycles. The van der Waals surface area contributed by atoms with Gasteiger partial charge in [-0.25, -0.2) is 0 Å². The third-order valence-corrected chi connectivity index (χ3v) is 4.05. The second kappa shape index (κ2) is 7.36. The SMILES string of the molecule is O=C1C=C(Oc2ccccc2OC(F)(F)F)C(=O)N1CC1CCOCC1. The van der Waals surface area contributed by atoms with Gasteiger partial charge in [-0.05, 0) is 30.9 Å². The van der Waals surface area contributed by atoms with E-state index in [0.717, 1.165) is 29.9 Å². The molecule has 3 rings (SSSR count). The molecule has 0 unspecified atom stereocenters. The number of rotatable bonds is 5. The molecule has 2 amide bonds. The number of ether oxygens (including phenoxy) is 3. The number of benzene rings is 1. The molecule has 2 aliphatic rings. The molecule has 0 N–H and O–H groups in total. The first-order valence-corrected chi connectivity index (χ1v) is 8.01. The van der Waals surface area contributed by atoms with Gasteiger partial charge in [-0.2, -0.15) is 0 Å². The highest BCUT2D eigenvalue weighted by molar-refractivity contribution is 6.15. The van der Waals surface area contributed by atoms with Crippen LogP contribution in [-0.2, 0) is 14.3 Å². The number of carbonyl (C=O) groups is 2. The average Bonchev–Trinajstić information content (AvgIpc) is 2.84. The molecule has 1 saturated heterocycles. The van der Waals surface area contributed by atoms with Gasteiger partial charge < -0.3 is 14.2 Å². The van der Waals surface area contributed by atoms with Crippen molar-refractivity contribution in [3.63, 3.8) is 0 Å². The number of hydrogen-bond acceptors (Lipinski definition) is 5. The molecule has 140 valence electrons. The lowest BCUT2D eigenvalue weighted by molar-refractivity contribution is -0.275. The summed E-state index contributed by atoms with van der Waals surface area (Å²) in [5.74, 6) is -2.33. The van der Waals surface area contributed by atoms with Gasteiger partial charge in [0.05, 0.1) is 6.08 Å². The molecular formula is C17H16F3NO5. The van der Waals surface area contributed by atoms with Crippen molar-refractivity contribution in [2.75, 3.05) is 19.8 Å². The molecule has 0 atom stereocenters. The summed E-state index contributed by atoms with van der Waals surface area (Å²) in [4.78, 5) is 25.5. The number of carbonyl (C=O) groups excluding carboxylic acids is 2. The van der Waals surface area contributed by atoms with Crippen LogP contribution in [0.3, 0.4) is 0 Å². The molecule has 0 aliphatic carbocycles. The second-order valence-electron chi connectivity index (χ2n) is 5.91. The minimum absolute atomic E-state index is 0.130. The summed E-state index contributed by atoms with van der Waals surface area (Å²) in [7, 11) is 0. The Bertz CT molecular complexity index is 725. The van der Waals surface area contributed by atoms with Crippen LogP contribution in [0, 0.1) is 5.92 Å². The van der Waals surface area contributed by atoms with Crippen molar-refractivity contribution in [1.82, 2.24) is 4.90 Å². The predicted octanol–water partition coefficient (Wildman–Crippen LogP) is 2.64. The van der Waals surface area contributed by atoms with E-state index in [4.69, 9.17) is 9.47 Å². The van der Waals surface area contributed by atoms with E-state index in [1.54, 1.807) is 0 Å². The molecule has 1 aromatic carbocycles. The highest BCUT2D eigenvalue weighted by Gasteiger charge is 2.36. The van der Waals surface area contributed by atoms with Gasteiger partial charge in [0.25, 0.3) is 11.8 Å². The summed E-state index contributed by atoms with van der Waals surface area (Å²) in [5.41, 5.74) is 0. The van der Waals surface area contributed by atoms with E-state index in [-0.39, 0.29) is 24.0 Å². The van der Waals surface area contributed by atoms with Gasteiger partial charge in [0, 0.05) is 19.8 Å². The molecule has 0 radical (unpaired) electrons. The van der Waals surface area contributed by atoms with Gasteiger partial charge in [-0.15, -0.1) is 13.2 Å². The van der Waals surface area contributed by atoms with Gasteiger partial charge in [0.15, 0.2) is 17.3 Å². The predicted molar refractivity (Wildman–Crippen MR) is 82.1 cm³/mol. The maximum Gasteiger partial charge on any atom is 0.573 e.